The number of ether oxygens (including phenoxy) is 1. The lowest BCUT2D eigenvalue weighted by Crippen LogP contribution is -2.63. The number of ketones is 1. The van der Waals surface area contributed by atoms with Crippen LogP contribution in [0.3, 0.4) is 0 Å². The second-order valence-electron chi connectivity index (χ2n) is 16.9. The highest BCUT2D eigenvalue weighted by molar-refractivity contribution is 6.27. The number of carbonyl (C=O) groups excluding carboxylic acids is 4. The van der Waals surface area contributed by atoms with Crippen molar-refractivity contribution in [2.75, 3.05) is 30.3 Å². The van der Waals surface area contributed by atoms with Gasteiger partial charge in [0.2, 0.25) is 17.6 Å². The van der Waals surface area contributed by atoms with E-state index in [-0.39, 0.29) is 24.3 Å². The minimum absolute atomic E-state index is 0.188. The van der Waals surface area contributed by atoms with Crippen LogP contribution in [0.25, 0.3) is 22.3 Å². The maximum atomic E-state index is 16.5. The molecule has 2 bridgehead atoms. The number of anilines is 2. The van der Waals surface area contributed by atoms with Crippen molar-refractivity contribution in [1.82, 2.24) is 34.9 Å². The van der Waals surface area contributed by atoms with Crippen LogP contribution >= 0.6 is 0 Å². The fourth-order valence-electron chi connectivity index (χ4n) is 10.4. The first-order valence-corrected chi connectivity index (χ1v) is 20.9. The van der Waals surface area contributed by atoms with E-state index in [9.17, 15) is 19.2 Å². The molecule has 1 saturated carbocycles. The summed E-state index contributed by atoms with van der Waals surface area (Å²) in [5.41, 5.74) is 11.0. The van der Waals surface area contributed by atoms with E-state index in [2.05, 4.69) is 31.2 Å². The number of amides is 2. The largest absolute Gasteiger partial charge is 0.457 e. The second kappa shape index (κ2) is 15.5. The first kappa shape index (κ1) is 38.2. The number of rotatable bonds is 10. The van der Waals surface area contributed by atoms with Crippen LogP contribution in [0.4, 0.5) is 15.9 Å². The van der Waals surface area contributed by atoms with Crippen LogP contribution in [0.15, 0.2) is 79.1 Å². The van der Waals surface area contributed by atoms with E-state index >= 15 is 4.39 Å². The number of alkyl halides is 1. The van der Waals surface area contributed by atoms with E-state index in [0.29, 0.717) is 66.4 Å². The van der Waals surface area contributed by atoms with Crippen LogP contribution in [0.5, 0.6) is 11.5 Å². The summed E-state index contributed by atoms with van der Waals surface area (Å²) in [6.07, 6.45) is 5.09. The molecule has 2 aromatic heterocycles. The number of aromatic nitrogens is 4. The van der Waals surface area contributed by atoms with E-state index in [1.54, 1.807) is 9.58 Å². The number of nitrogens with one attached hydrogen (secondary N) is 1. The minimum atomic E-state index is -1.12. The van der Waals surface area contributed by atoms with Crippen molar-refractivity contribution >= 4 is 46.4 Å². The lowest BCUT2D eigenvalue weighted by Gasteiger charge is -2.53. The maximum Gasteiger partial charge on any atom is 0.243 e. The van der Waals surface area contributed by atoms with Crippen molar-refractivity contribution in [3.8, 4) is 22.8 Å². The zero-order chi connectivity index (χ0) is 41.1. The highest BCUT2D eigenvalue weighted by Gasteiger charge is 2.45. The molecule has 7 atom stereocenters. The number of nitrogens with two attached hydrogens (primary N) is 1. The Hall–Kier alpha value is -6.06. The molecule has 5 aliphatic heterocycles. The molecule has 15 heteroatoms. The van der Waals surface area contributed by atoms with E-state index in [0.717, 1.165) is 67.0 Å². The molecule has 11 rings (SSSR count). The first-order valence-electron chi connectivity index (χ1n) is 20.9. The summed E-state index contributed by atoms with van der Waals surface area (Å²) >= 11 is 0. The van der Waals surface area contributed by atoms with Gasteiger partial charge in [0.25, 0.3) is 0 Å². The average Bonchev–Trinajstić information content (AvgIpc) is 3.84. The molecule has 0 spiro atoms. The summed E-state index contributed by atoms with van der Waals surface area (Å²) in [6.45, 7) is 2.84. The smallest absolute Gasteiger partial charge is 0.243 e. The Labute approximate surface area is 345 Å². The summed E-state index contributed by atoms with van der Waals surface area (Å²) < 4.78 is 24.2. The Morgan fingerprint density at radius 2 is 1.73 bits per heavy atom. The number of imide groups is 1. The molecule has 2 amide bonds. The molecule has 4 saturated heterocycles. The summed E-state index contributed by atoms with van der Waals surface area (Å²) in [7, 11) is 0. The zero-order valence-corrected chi connectivity index (χ0v) is 33.0. The molecule has 5 aromatic rings. The van der Waals surface area contributed by atoms with Crippen LogP contribution in [0.1, 0.15) is 68.2 Å². The molecular formula is C45H46FN9O5. The van der Waals surface area contributed by atoms with E-state index in [4.69, 9.17) is 15.6 Å². The van der Waals surface area contributed by atoms with Gasteiger partial charge in [0.05, 0.1) is 17.5 Å². The van der Waals surface area contributed by atoms with Gasteiger partial charge in [-0.25, -0.2) is 19.0 Å². The molecule has 7 heterocycles. The summed E-state index contributed by atoms with van der Waals surface area (Å²) in [6, 6.07) is 21.8. The van der Waals surface area contributed by atoms with E-state index in [1.807, 2.05) is 66.7 Å². The normalized spacial score (nSPS) is 26.9. The van der Waals surface area contributed by atoms with Crippen molar-refractivity contribution in [1.29, 1.82) is 0 Å². The Bertz CT molecular complexity index is 2480. The van der Waals surface area contributed by atoms with Crippen molar-refractivity contribution in [3.63, 3.8) is 0 Å². The van der Waals surface area contributed by atoms with Crippen LogP contribution in [0, 0.1) is 5.92 Å². The molecule has 0 radical (unpaired) electrons. The number of piperazine rings is 1. The number of fused-ring (bicyclic) bond motifs is 5. The van der Waals surface area contributed by atoms with Gasteiger partial charge < -0.3 is 15.4 Å². The van der Waals surface area contributed by atoms with Gasteiger partial charge in [-0.1, -0.05) is 24.3 Å². The van der Waals surface area contributed by atoms with Gasteiger partial charge in [0.1, 0.15) is 41.6 Å². The lowest BCUT2D eigenvalue weighted by atomic mass is 9.82. The summed E-state index contributed by atoms with van der Waals surface area (Å²) in [5.74, 6) is 0.553. The maximum absolute atomic E-state index is 16.5. The highest BCUT2D eigenvalue weighted by Crippen LogP contribution is 2.43. The Kier molecular flexibility index (Phi) is 9.87. The molecule has 14 nitrogen and oxygen atoms in total. The van der Waals surface area contributed by atoms with Gasteiger partial charge in [-0.05, 0) is 104 Å². The Morgan fingerprint density at radius 3 is 2.48 bits per heavy atom. The number of halogens is 1. The van der Waals surface area contributed by atoms with E-state index in [1.165, 1.54) is 6.33 Å². The summed E-state index contributed by atoms with van der Waals surface area (Å²) in [5, 5.41) is 7.96. The van der Waals surface area contributed by atoms with Gasteiger partial charge in [-0.2, -0.15) is 5.10 Å². The molecule has 6 aliphatic rings. The standard InChI is InChI=1S/C45H46FN9O5/c46-35-18-26(6-15-36(35)55-44-40(43(47)48-25-49-44)41(51-55)27-8-13-33(14-9-27)60-32-4-2-1-3-5-32)20-52-22-31-12-11-30(52)23-53(31)29-10-7-28-21-54(37-16-17-39(58)50-45(37)59)42(34(28)19-29)38(57)24-56/h1-5,7-10,13-14,19,24-26,30-31,35-37,42H,6,11-12,15-18,20-23H2,(H2,47,48,49)(H,50,58,59). The molecule has 1 aliphatic carbocycles. The molecule has 308 valence electrons. The fraction of sp³-hybridized carbons (Fsp3) is 0.400. The number of nitrogen functional groups attached to an aromatic ring is 1. The van der Waals surface area contributed by atoms with Crippen LogP contribution in [-0.2, 0) is 25.7 Å². The molecule has 7 unspecified atom stereocenters. The predicted octanol–water partition coefficient (Wildman–Crippen LogP) is 5.33. The number of Topliss-reactive ketones (excluding diaryl/α,β-unsaturated/α-hetero) is 1. The predicted molar refractivity (Wildman–Crippen MR) is 221 cm³/mol. The van der Waals surface area contributed by atoms with Gasteiger partial charge in [0.15, 0.2) is 11.9 Å². The van der Waals surface area contributed by atoms with Crippen molar-refractivity contribution in [2.24, 2.45) is 5.92 Å². The third-order valence-electron chi connectivity index (χ3n) is 13.4. The summed E-state index contributed by atoms with van der Waals surface area (Å²) in [4.78, 5) is 65.1. The monoisotopic (exact) mass is 811 g/mol. The highest BCUT2D eigenvalue weighted by atomic mass is 19.1. The number of benzene rings is 3. The third kappa shape index (κ3) is 6.88. The van der Waals surface area contributed by atoms with Crippen LogP contribution < -0.4 is 20.7 Å². The molecule has 3 N–H and O–H groups in total. The Morgan fingerprint density at radius 1 is 0.933 bits per heavy atom. The molecule has 60 heavy (non-hydrogen) atoms. The van der Waals surface area contributed by atoms with Crippen molar-refractivity contribution in [3.05, 3.63) is 90.3 Å². The minimum Gasteiger partial charge on any atom is -0.457 e. The van der Waals surface area contributed by atoms with Gasteiger partial charge >= 0.3 is 0 Å². The number of para-hydroxylation sites is 1. The van der Waals surface area contributed by atoms with Crippen molar-refractivity contribution in [2.45, 2.75) is 87.9 Å². The second-order valence-corrected chi connectivity index (χ2v) is 16.9. The van der Waals surface area contributed by atoms with Gasteiger partial charge in [-0.15, -0.1) is 0 Å². The number of carbonyl (C=O) groups is 4. The Balaban J connectivity index is 0.809. The van der Waals surface area contributed by atoms with Crippen LogP contribution in [-0.4, -0.2) is 97.4 Å². The zero-order valence-electron chi connectivity index (χ0n) is 33.0. The number of piperidine rings is 3. The lowest BCUT2D eigenvalue weighted by molar-refractivity contribution is -0.141. The third-order valence-corrected chi connectivity index (χ3v) is 13.4. The number of hydrogen-bond acceptors (Lipinski definition) is 12. The van der Waals surface area contributed by atoms with E-state index < -0.39 is 36.0 Å². The fourth-order valence-corrected chi connectivity index (χ4v) is 10.4. The number of nitrogens with zero attached hydrogens (tertiary/aromatic N) is 7. The topological polar surface area (TPSA) is 169 Å². The number of aldehydes is 1. The SMILES string of the molecule is Nc1ncnc2c1c(-c1ccc(Oc3ccccc3)cc1)nn2C1CCC(CN2CC3CCC2CN3c2ccc3c(c2)C(C(=O)C=O)N(C2CCC(=O)NC2=O)C3)CC1F. The average molecular weight is 812 g/mol. The van der Waals surface area contributed by atoms with Crippen LogP contribution in [0.2, 0.25) is 0 Å². The van der Waals surface area contributed by atoms with Crippen molar-refractivity contribution < 1.29 is 28.3 Å². The molecule has 3 aromatic carbocycles. The number of hydrogen-bond donors (Lipinski definition) is 2. The molecule has 5 fully saturated rings. The van der Waals surface area contributed by atoms with Gasteiger partial charge in [-0.3, -0.25) is 34.3 Å². The molecular weight excluding hydrogens is 766 g/mol. The quantitative estimate of drug-likeness (QED) is 0.106. The first-order chi connectivity index (χ1) is 29.2. The van der Waals surface area contributed by atoms with Gasteiger partial charge in [0, 0.05) is 55.9 Å².